The number of carbonyl (C=O) groups is 2. The van der Waals surface area contributed by atoms with E-state index in [4.69, 9.17) is 14.2 Å². The Labute approximate surface area is 212 Å². The number of rotatable bonds is 8. The van der Waals surface area contributed by atoms with E-state index in [0.29, 0.717) is 34.9 Å². The van der Waals surface area contributed by atoms with Gasteiger partial charge in [0.05, 0.1) is 32.4 Å². The maximum atomic E-state index is 13.1. The van der Waals surface area contributed by atoms with Gasteiger partial charge in [0.1, 0.15) is 0 Å². The average molecular weight is 495 g/mol. The van der Waals surface area contributed by atoms with Gasteiger partial charge < -0.3 is 29.7 Å². The van der Waals surface area contributed by atoms with Crippen LogP contribution >= 0.6 is 0 Å². The third-order valence-corrected chi connectivity index (χ3v) is 6.51. The molecule has 192 valence electrons. The van der Waals surface area contributed by atoms with Crippen molar-refractivity contribution in [1.82, 2.24) is 15.5 Å². The molecule has 1 atom stereocenters. The van der Waals surface area contributed by atoms with Crippen LogP contribution in [0.1, 0.15) is 24.1 Å². The van der Waals surface area contributed by atoms with Crippen LogP contribution in [0, 0.1) is 6.92 Å². The Morgan fingerprint density at radius 1 is 1.03 bits per heavy atom. The van der Waals surface area contributed by atoms with E-state index in [9.17, 15) is 9.59 Å². The summed E-state index contributed by atoms with van der Waals surface area (Å²) in [7, 11) is 3.11. The number of nitrogens with one attached hydrogen (secondary N) is 2. The molecule has 36 heavy (non-hydrogen) atoms. The van der Waals surface area contributed by atoms with Gasteiger partial charge in [0.2, 0.25) is 0 Å². The highest BCUT2D eigenvalue weighted by Crippen LogP contribution is 2.34. The molecular formula is C27H34N4O5. The number of urea groups is 1. The van der Waals surface area contributed by atoms with E-state index in [1.165, 1.54) is 11.3 Å². The SMILES string of the molecule is CCOC(=O)C1=C(CN2CCN(c3cccc(C)c3)CC2)NC(=O)N[C@H]1c1ccc(OC)c(OC)c1. The van der Waals surface area contributed by atoms with Crippen LogP contribution in [0.4, 0.5) is 10.5 Å². The number of esters is 1. The standard InChI is InChI=1S/C27H34N4O5/c1-5-36-26(32)24-21(17-30-11-13-31(14-12-30)20-8-6-7-18(2)15-20)28-27(33)29-25(24)19-9-10-22(34-3)23(16-19)35-4/h6-10,15-16,25H,5,11-14,17H2,1-4H3,(H2,28,29,33)/t25-/m0/s1. The number of piperazine rings is 1. The Kier molecular flexibility index (Phi) is 8.00. The minimum absolute atomic E-state index is 0.234. The van der Waals surface area contributed by atoms with E-state index in [1.807, 2.05) is 6.07 Å². The van der Waals surface area contributed by atoms with Crippen molar-refractivity contribution in [3.8, 4) is 11.5 Å². The van der Waals surface area contributed by atoms with Gasteiger partial charge in [-0.3, -0.25) is 4.90 Å². The Morgan fingerprint density at radius 2 is 1.78 bits per heavy atom. The fraction of sp³-hybridized carbons (Fsp3) is 0.407. The zero-order valence-electron chi connectivity index (χ0n) is 21.3. The normalized spacial score (nSPS) is 18.4. The zero-order valence-corrected chi connectivity index (χ0v) is 21.3. The monoisotopic (exact) mass is 494 g/mol. The Hall–Kier alpha value is -3.72. The van der Waals surface area contributed by atoms with Crippen LogP contribution in [0.15, 0.2) is 53.7 Å². The summed E-state index contributed by atoms with van der Waals surface area (Å²) in [4.78, 5) is 30.4. The number of methoxy groups -OCH3 is 2. The van der Waals surface area contributed by atoms with Crippen molar-refractivity contribution in [2.24, 2.45) is 0 Å². The van der Waals surface area contributed by atoms with E-state index < -0.39 is 12.0 Å². The van der Waals surface area contributed by atoms with Gasteiger partial charge in [0.15, 0.2) is 11.5 Å². The van der Waals surface area contributed by atoms with Crippen LogP contribution in [0.5, 0.6) is 11.5 Å². The molecule has 9 heteroatoms. The summed E-state index contributed by atoms with van der Waals surface area (Å²) in [5.74, 6) is 0.618. The molecule has 0 aromatic heterocycles. The Balaban J connectivity index is 1.59. The zero-order chi connectivity index (χ0) is 25.7. The van der Waals surface area contributed by atoms with Crippen molar-refractivity contribution in [1.29, 1.82) is 0 Å². The van der Waals surface area contributed by atoms with Crippen LogP contribution < -0.4 is 25.0 Å². The lowest BCUT2D eigenvalue weighted by molar-refractivity contribution is -0.139. The van der Waals surface area contributed by atoms with Crippen molar-refractivity contribution in [3.05, 3.63) is 64.9 Å². The number of hydrogen-bond acceptors (Lipinski definition) is 7. The molecule has 4 rings (SSSR count). The van der Waals surface area contributed by atoms with Crippen molar-refractivity contribution >= 4 is 17.7 Å². The topological polar surface area (TPSA) is 92.4 Å². The highest BCUT2D eigenvalue weighted by atomic mass is 16.5. The first-order valence-electron chi connectivity index (χ1n) is 12.2. The van der Waals surface area contributed by atoms with Gasteiger partial charge in [0, 0.05) is 44.1 Å². The minimum Gasteiger partial charge on any atom is -0.493 e. The molecule has 0 unspecified atom stereocenters. The molecule has 2 aromatic carbocycles. The highest BCUT2D eigenvalue weighted by molar-refractivity contribution is 5.95. The fourth-order valence-electron chi connectivity index (χ4n) is 4.69. The smallest absolute Gasteiger partial charge is 0.338 e. The molecular weight excluding hydrogens is 460 g/mol. The van der Waals surface area contributed by atoms with Gasteiger partial charge in [-0.15, -0.1) is 0 Å². The molecule has 1 fully saturated rings. The van der Waals surface area contributed by atoms with Crippen molar-refractivity contribution in [2.45, 2.75) is 19.9 Å². The molecule has 2 aliphatic rings. The number of hydrogen-bond donors (Lipinski definition) is 2. The lowest BCUT2D eigenvalue weighted by Gasteiger charge is -2.38. The van der Waals surface area contributed by atoms with Crippen LogP contribution in [0.2, 0.25) is 0 Å². The first-order valence-corrected chi connectivity index (χ1v) is 12.2. The number of amides is 2. The number of benzene rings is 2. The molecule has 1 saturated heterocycles. The first-order chi connectivity index (χ1) is 17.4. The van der Waals surface area contributed by atoms with Crippen LogP contribution in [0.3, 0.4) is 0 Å². The minimum atomic E-state index is -0.679. The summed E-state index contributed by atoms with van der Waals surface area (Å²) >= 11 is 0. The second kappa shape index (κ2) is 11.3. The highest BCUT2D eigenvalue weighted by Gasteiger charge is 2.35. The number of anilines is 1. The molecule has 2 amide bonds. The average Bonchev–Trinajstić information content (AvgIpc) is 2.88. The van der Waals surface area contributed by atoms with Crippen molar-refractivity contribution in [3.63, 3.8) is 0 Å². The third kappa shape index (κ3) is 5.57. The predicted octanol–water partition coefficient (Wildman–Crippen LogP) is 3.01. The Morgan fingerprint density at radius 3 is 2.44 bits per heavy atom. The number of aryl methyl sites for hydroxylation is 1. The molecule has 9 nitrogen and oxygen atoms in total. The predicted molar refractivity (Wildman–Crippen MR) is 137 cm³/mol. The van der Waals surface area contributed by atoms with E-state index in [1.54, 1.807) is 33.3 Å². The molecule has 0 bridgehead atoms. The Bertz CT molecular complexity index is 1140. The van der Waals surface area contributed by atoms with Crippen LogP contribution in [0.25, 0.3) is 0 Å². The quantitative estimate of drug-likeness (QED) is 0.545. The molecule has 0 saturated carbocycles. The second-order valence-corrected chi connectivity index (χ2v) is 8.86. The van der Waals surface area contributed by atoms with Gasteiger partial charge in [-0.25, -0.2) is 9.59 Å². The first kappa shape index (κ1) is 25.4. The largest absolute Gasteiger partial charge is 0.493 e. The van der Waals surface area contributed by atoms with Gasteiger partial charge in [0.25, 0.3) is 0 Å². The van der Waals surface area contributed by atoms with E-state index in [0.717, 1.165) is 26.2 Å². The molecule has 0 spiro atoms. The summed E-state index contributed by atoms with van der Waals surface area (Å²) in [6, 6.07) is 12.8. The molecule has 2 aromatic rings. The lowest BCUT2D eigenvalue weighted by Crippen LogP contribution is -2.51. The maximum absolute atomic E-state index is 13.1. The van der Waals surface area contributed by atoms with E-state index in [2.05, 4.69) is 51.6 Å². The van der Waals surface area contributed by atoms with E-state index in [-0.39, 0.29) is 12.6 Å². The number of ether oxygens (including phenoxy) is 3. The molecule has 2 aliphatic heterocycles. The van der Waals surface area contributed by atoms with Gasteiger partial charge in [-0.1, -0.05) is 18.2 Å². The fourth-order valence-corrected chi connectivity index (χ4v) is 4.69. The van der Waals surface area contributed by atoms with Gasteiger partial charge >= 0.3 is 12.0 Å². The third-order valence-electron chi connectivity index (χ3n) is 6.51. The second-order valence-electron chi connectivity index (χ2n) is 8.86. The molecule has 2 heterocycles. The van der Waals surface area contributed by atoms with Crippen LogP contribution in [-0.2, 0) is 9.53 Å². The summed E-state index contributed by atoms with van der Waals surface area (Å²) in [6.45, 7) is 7.86. The molecule has 2 N–H and O–H groups in total. The van der Waals surface area contributed by atoms with E-state index >= 15 is 0 Å². The van der Waals surface area contributed by atoms with Crippen molar-refractivity contribution in [2.75, 3.05) is 58.5 Å². The summed E-state index contributed by atoms with van der Waals surface area (Å²) < 4.78 is 16.2. The lowest BCUT2D eigenvalue weighted by atomic mass is 9.94. The maximum Gasteiger partial charge on any atom is 0.338 e. The molecule has 0 radical (unpaired) electrons. The van der Waals surface area contributed by atoms with Crippen LogP contribution in [-0.4, -0.2) is 70.5 Å². The molecule has 0 aliphatic carbocycles. The van der Waals surface area contributed by atoms with Gasteiger partial charge in [-0.2, -0.15) is 0 Å². The number of nitrogens with zero attached hydrogens (tertiary/aromatic N) is 2. The number of carbonyl (C=O) groups excluding carboxylic acids is 2. The van der Waals surface area contributed by atoms with Gasteiger partial charge in [-0.05, 0) is 49.2 Å². The summed E-state index contributed by atoms with van der Waals surface area (Å²) in [6.07, 6.45) is 0. The summed E-state index contributed by atoms with van der Waals surface area (Å²) in [5.41, 5.74) is 4.10. The summed E-state index contributed by atoms with van der Waals surface area (Å²) in [5, 5.41) is 5.75. The van der Waals surface area contributed by atoms with Crippen molar-refractivity contribution < 1.29 is 23.8 Å².